The van der Waals surface area contributed by atoms with Crippen LogP contribution in [0.3, 0.4) is 0 Å². The van der Waals surface area contributed by atoms with Gasteiger partial charge in [-0.05, 0) is 82.7 Å². The summed E-state index contributed by atoms with van der Waals surface area (Å²) in [5.41, 5.74) is 2.25. The average Bonchev–Trinajstić information content (AvgIpc) is 3.14. The number of fused-ring (bicyclic) bond motifs is 1. The van der Waals surface area contributed by atoms with Gasteiger partial charge in [-0.1, -0.05) is 30.2 Å². The van der Waals surface area contributed by atoms with Crippen molar-refractivity contribution in [1.29, 1.82) is 0 Å². The van der Waals surface area contributed by atoms with Crippen LogP contribution >= 0.6 is 23.7 Å². The molecule has 0 N–H and O–H groups in total. The van der Waals surface area contributed by atoms with Crippen LogP contribution in [0.25, 0.3) is 10.2 Å². The predicted octanol–water partition coefficient (Wildman–Crippen LogP) is 5.20. The molecule has 1 aromatic heterocycles. The Labute approximate surface area is 236 Å². The maximum Gasteiger partial charge on any atom is 0.260 e. The van der Waals surface area contributed by atoms with Gasteiger partial charge in [-0.3, -0.25) is 9.69 Å². The second kappa shape index (κ2) is 13.2. The van der Waals surface area contributed by atoms with Gasteiger partial charge in [-0.25, -0.2) is 13.4 Å². The lowest BCUT2D eigenvalue weighted by Crippen LogP contribution is -2.34. The Bertz CT molecular complexity index is 1340. The second-order valence-electron chi connectivity index (χ2n) is 9.72. The molecule has 11 heteroatoms. The monoisotopic (exact) mass is 580 g/mol. The molecule has 1 aliphatic heterocycles. The average molecular weight is 581 g/mol. The molecule has 38 heavy (non-hydrogen) atoms. The molecule has 8 nitrogen and oxygen atoms in total. The molecule has 0 aliphatic carbocycles. The van der Waals surface area contributed by atoms with E-state index in [4.69, 9.17) is 9.72 Å². The van der Waals surface area contributed by atoms with E-state index in [0.717, 1.165) is 54.4 Å². The van der Waals surface area contributed by atoms with Gasteiger partial charge in [0, 0.05) is 25.2 Å². The van der Waals surface area contributed by atoms with Gasteiger partial charge >= 0.3 is 0 Å². The fourth-order valence-corrected chi connectivity index (χ4v) is 7.16. The SMILES string of the molecule is COc1ccc(C)c2sc(N(CCCN(C)C)C(=O)c3ccc(S(=O)(=O)N4CCCCCC4)cc3)nc12.Cl. The number of benzene rings is 2. The minimum atomic E-state index is -3.58. The Balaban J connectivity index is 0.00000400. The van der Waals surface area contributed by atoms with E-state index in [1.807, 2.05) is 33.2 Å². The Morgan fingerprint density at radius 3 is 2.29 bits per heavy atom. The minimum Gasteiger partial charge on any atom is -0.494 e. The zero-order chi connectivity index (χ0) is 26.6. The zero-order valence-corrected chi connectivity index (χ0v) is 24.9. The van der Waals surface area contributed by atoms with E-state index in [0.29, 0.717) is 36.1 Å². The Hall–Kier alpha value is -2.24. The first-order chi connectivity index (χ1) is 17.7. The van der Waals surface area contributed by atoms with Crippen molar-refractivity contribution in [2.45, 2.75) is 43.9 Å². The van der Waals surface area contributed by atoms with Crippen LogP contribution in [0.5, 0.6) is 5.75 Å². The number of carbonyl (C=O) groups excluding carboxylic acids is 1. The van der Waals surface area contributed by atoms with E-state index in [-0.39, 0.29) is 23.2 Å². The van der Waals surface area contributed by atoms with Crippen LogP contribution in [0.4, 0.5) is 5.13 Å². The van der Waals surface area contributed by atoms with E-state index >= 15 is 0 Å². The van der Waals surface area contributed by atoms with E-state index in [1.165, 1.54) is 11.3 Å². The van der Waals surface area contributed by atoms with Crippen molar-refractivity contribution in [3.8, 4) is 5.75 Å². The summed E-state index contributed by atoms with van der Waals surface area (Å²) in [5.74, 6) is 0.472. The van der Waals surface area contributed by atoms with Crippen LogP contribution in [0, 0.1) is 6.92 Å². The van der Waals surface area contributed by atoms with Gasteiger partial charge in [-0.2, -0.15) is 4.31 Å². The van der Waals surface area contributed by atoms with Gasteiger partial charge in [0.25, 0.3) is 5.91 Å². The van der Waals surface area contributed by atoms with Crippen molar-refractivity contribution in [3.63, 3.8) is 0 Å². The third kappa shape index (κ3) is 6.66. The van der Waals surface area contributed by atoms with Crippen LogP contribution in [0.2, 0.25) is 0 Å². The van der Waals surface area contributed by atoms with Crippen molar-refractivity contribution in [1.82, 2.24) is 14.2 Å². The molecule has 0 radical (unpaired) electrons. The van der Waals surface area contributed by atoms with Crippen molar-refractivity contribution < 1.29 is 17.9 Å². The summed E-state index contributed by atoms with van der Waals surface area (Å²) in [6.45, 7) is 4.42. The number of halogens is 1. The lowest BCUT2D eigenvalue weighted by Gasteiger charge is -2.22. The Morgan fingerprint density at radius 2 is 1.68 bits per heavy atom. The summed E-state index contributed by atoms with van der Waals surface area (Å²) in [6.07, 6.45) is 4.64. The molecule has 4 rings (SSSR count). The zero-order valence-electron chi connectivity index (χ0n) is 22.5. The molecule has 1 saturated heterocycles. The number of nitrogens with zero attached hydrogens (tertiary/aromatic N) is 4. The number of amides is 1. The second-order valence-corrected chi connectivity index (χ2v) is 12.6. The molecular formula is C27H37ClN4O4S2. The summed E-state index contributed by atoms with van der Waals surface area (Å²) in [7, 11) is 2.04. The highest BCUT2D eigenvalue weighted by Gasteiger charge is 2.27. The number of anilines is 1. The summed E-state index contributed by atoms with van der Waals surface area (Å²) in [6, 6.07) is 10.2. The maximum absolute atomic E-state index is 13.7. The maximum atomic E-state index is 13.7. The van der Waals surface area contributed by atoms with Gasteiger partial charge in [0.05, 0.1) is 16.7 Å². The van der Waals surface area contributed by atoms with E-state index in [2.05, 4.69) is 4.90 Å². The molecule has 0 bridgehead atoms. The molecule has 0 unspecified atom stereocenters. The first kappa shape index (κ1) is 30.3. The van der Waals surface area contributed by atoms with Crippen molar-refractivity contribution in [2.24, 2.45) is 0 Å². The van der Waals surface area contributed by atoms with E-state index in [9.17, 15) is 13.2 Å². The van der Waals surface area contributed by atoms with Crippen molar-refractivity contribution >= 4 is 55.0 Å². The summed E-state index contributed by atoms with van der Waals surface area (Å²) >= 11 is 1.47. The molecule has 1 aliphatic rings. The molecule has 0 spiro atoms. The van der Waals surface area contributed by atoms with Crippen LogP contribution in [0.15, 0.2) is 41.3 Å². The van der Waals surface area contributed by atoms with Gasteiger partial charge in [0.1, 0.15) is 11.3 Å². The molecule has 1 fully saturated rings. The number of thiazole rings is 1. The van der Waals surface area contributed by atoms with Gasteiger partial charge in [0.2, 0.25) is 10.0 Å². The number of rotatable bonds is 9. The van der Waals surface area contributed by atoms with Crippen molar-refractivity contribution in [3.05, 3.63) is 47.5 Å². The fraction of sp³-hybridized carbons (Fsp3) is 0.481. The third-order valence-electron chi connectivity index (χ3n) is 6.68. The number of hydrogen-bond donors (Lipinski definition) is 0. The van der Waals surface area contributed by atoms with Crippen molar-refractivity contribution in [2.75, 3.05) is 52.3 Å². The first-order valence-corrected chi connectivity index (χ1v) is 15.0. The van der Waals surface area contributed by atoms with Gasteiger partial charge < -0.3 is 9.64 Å². The van der Waals surface area contributed by atoms with Crippen LogP contribution in [0.1, 0.15) is 48.0 Å². The Morgan fingerprint density at radius 1 is 1.03 bits per heavy atom. The number of aryl methyl sites for hydroxylation is 1. The molecule has 1 amide bonds. The largest absolute Gasteiger partial charge is 0.494 e. The predicted molar refractivity (Wildman–Crippen MR) is 157 cm³/mol. The number of methoxy groups -OCH3 is 1. The third-order valence-corrected chi connectivity index (χ3v) is 9.81. The molecule has 208 valence electrons. The Kier molecular flexibility index (Phi) is 10.5. The molecule has 0 atom stereocenters. The lowest BCUT2D eigenvalue weighted by atomic mass is 10.2. The smallest absolute Gasteiger partial charge is 0.260 e. The first-order valence-electron chi connectivity index (χ1n) is 12.7. The highest BCUT2D eigenvalue weighted by molar-refractivity contribution is 7.89. The topological polar surface area (TPSA) is 83.0 Å². The molecule has 3 aromatic rings. The highest BCUT2D eigenvalue weighted by Crippen LogP contribution is 2.37. The molecule has 2 heterocycles. The lowest BCUT2D eigenvalue weighted by molar-refractivity contribution is 0.0986. The van der Waals surface area contributed by atoms with Crippen LogP contribution in [-0.2, 0) is 10.0 Å². The summed E-state index contributed by atoms with van der Waals surface area (Å²) in [5, 5.41) is 0.604. The van der Waals surface area contributed by atoms with E-state index in [1.54, 1.807) is 40.6 Å². The van der Waals surface area contributed by atoms with Crippen LogP contribution in [-0.4, -0.2) is 75.9 Å². The standard InChI is InChI=1S/C27H36N4O4S2.ClH/c1-20-10-15-23(35-4)24-25(20)36-27(28-24)31(19-9-16-29(2)3)26(32)21-11-13-22(14-12-21)37(33,34)30-17-7-5-6-8-18-30;/h10-15H,5-9,16-19H2,1-4H3;1H. The highest BCUT2D eigenvalue weighted by atomic mass is 35.5. The summed E-state index contributed by atoms with van der Waals surface area (Å²) in [4.78, 5) is 22.5. The van der Waals surface area contributed by atoms with Gasteiger partial charge in [0.15, 0.2) is 5.13 Å². The molecule has 0 saturated carbocycles. The van der Waals surface area contributed by atoms with Crippen LogP contribution < -0.4 is 9.64 Å². The minimum absolute atomic E-state index is 0. The summed E-state index contributed by atoms with van der Waals surface area (Å²) < 4.78 is 34.4. The van der Waals surface area contributed by atoms with E-state index < -0.39 is 10.0 Å². The quantitative estimate of drug-likeness (QED) is 0.346. The molecular weight excluding hydrogens is 544 g/mol. The molecule has 2 aromatic carbocycles. The number of sulfonamides is 1. The normalized spacial score (nSPS) is 14.8. The number of ether oxygens (including phenoxy) is 1. The number of hydrogen-bond acceptors (Lipinski definition) is 7. The number of carbonyl (C=O) groups is 1. The fourth-order valence-electron chi connectivity index (χ4n) is 4.56. The number of aromatic nitrogens is 1. The van der Waals surface area contributed by atoms with Gasteiger partial charge in [-0.15, -0.1) is 12.4 Å².